The number of carbonyl (C=O) groups excluding carboxylic acids is 3. The Hall–Kier alpha value is -3.19. The van der Waals surface area contributed by atoms with Crippen molar-refractivity contribution in [3.63, 3.8) is 0 Å². The Morgan fingerprint density at radius 2 is 1.74 bits per heavy atom. The fourth-order valence-electron chi connectivity index (χ4n) is 3.26. The van der Waals surface area contributed by atoms with Crippen LogP contribution in [0.25, 0.3) is 10.9 Å². The van der Waals surface area contributed by atoms with Gasteiger partial charge in [0.15, 0.2) is 5.78 Å². The number of nitrogens with zero attached hydrogens (tertiary/aromatic N) is 1. The number of thioether (sulfide) groups is 1. The van der Waals surface area contributed by atoms with Crippen LogP contribution in [-0.2, 0) is 4.79 Å². The highest BCUT2D eigenvalue weighted by molar-refractivity contribution is 8.00. The van der Waals surface area contributed by atoms with Crippen LogP contribution >= 0.6 is 11.8 Å². The molecule has 6 nitrogen and oxygen atoms in total. The Balaban J connectivity index is 1.55. The van der Waals surface area contributed by atoms with Gasteiger partial charge >= 0.3 is 0 Å². The van der Waals surface area contributed by atoms with Gasteiger partial charge in [0.2, 0.25) is 5.91 Å². The number of hydrogen-bond donors (Lipinski definition) is 2. The van der Waals surface area contributed by atoms with Crippen molar-refractivity contribution in [2.75, 3.05) is 5.32 Å². The molecule has 2 N–H and O–H groups in total. The third-order valence-corrected chi connectivity index (χ3v) is 6.10. The number of para-hydroxylation sites is 2. The molecule has 0 saturated heterocycles. The number of Topliss-reactive ketones (excluding diaryl/α,β-unsaturated/α-hetero) is 1. The molecule has 1 unspecified atom stereocenters. The summed E-state index contributed by atoms with van der Waals surface area (Å²) in [6.45, 7) is 3.24. The lowest BCUT2D eigenvalue weighted by atomic mass is 10.1. The standard InChI is InChI=1S/C24H23N3O3S/c1-14(28)17-7-3-5-9-20(17)27-23(29)15(2)31-22-13-19(24(30)25-16-11-12-16)18-8-4-6-10-21(18)26-22/h3-10,13,15-16H,11-12H2,1-2H3,(H,25,30)(H,27,29). The van der Waals surface area contributed by atoms with Gasteiger partial charge in [0, 0.05) is 17.0 Å². The summed E-state index contributed by atoms with van der Waals surface area (Å²) in [6, 6.07) is 16.4. The largest absolute Gasteiger partial charge is 0.349 e. The van der Waals surface area contributed by atoms with Gasteiger partial charge in [-0.1, -0.05) is 42.1 Å². The number of anilines is 1. The minimum absolute atomic E-state index is 0.112. The quantitative estimate of drug-likeness (QED) is 0.425. The number of rotatable bonds is 7. The zero-order chi connectivity index (χ0) is 22.0. The number of ketones is 1. The predicted octanol–water partition coefficient (Wildman–Crippen LogP) is 4.45. The van der Waals surface area contributed by atoms with Gasteiger partial charge < -0.3 is 10.6 Å². The van der Waals surface area contributed by atoms with Crippen LogP contribution < -0.4 is 10.6 Å². The summed E-state index contributed by atoms with van der Waals surface area (Å²) in [6.07, 6.45) is 2.02. The van der Waals surface area contributed by atoms with Crippen LogP contribution in [-0.4, -0.2) is 33.9 Å². The molecule has 3 aromatic rings. The highest BCUT2D eigenvalue weighted by atomic mass is 32.2. The van der Waals surface area contributed by atoms with E-state index in [0.717, 1.165) is 18.2 Å². The minimum Gasteiger partial charge on any atom is -0.349 e. The lowest BCUT2D eigenvalue weighted by Gasteiger charge is -2.15. The molecule has 2 amide bonds. The molecule has 1 aliphatic carbocycles. The van der Waals surface area contributed by atoms with Gasteiger partial charge in [0.1, 0.15) is 0 Å². The Morgan fingerprint density at radius 1 is 1.03 bits per heavy atom. The average Bonchev–Trinajstić information content (AvgIpc) is 3.57. The van der Waals surface area contributed by atoms with Gasteiger partial charge in [-0.2, -0.15) is 0 Å². The first-order valence-electron chi connectivity index (χ1n) is 10.2. The van der Waals surface area contributed by atoms with E-state index in [1.807, 2.05) is 24.3 Å². The van der Waals surface area contributed by atoms with Crippen LogP contribution in [0.5, 0.6) is 0 Å². The van der Waals surface area contributed by atoms with E-state index in [1.165, 1.54) is 18.7 Å². The zero-order valence-corrected chi connectivity index (χ0v) is 18.2. The van der Waals surface area contributed by atoms with Crippen LogP contribution in [0, 0.1) is 0 Å². The molecule has 1 aromatic heterocycles. The van der Waals surface area contributed by atoms with E-state index in [9.17, 15) is 14.4 Å². The van der Waals surface area contributed by atoms with Crippen molar-refractivity contribution in [3.05, 3.63) is 65.7 Å². The number of carbonyl (C=O) groups is 3. The average molecular weight is 434 g/mol. The lowest BCUT2D eigenvalue weighted by molar-refractivity contribution is -0.115. The van der Waals surface area contributed by atoms with Crippen LogP contribution in [0.4, 0.5) is 5.69 Å². The van der Waals surface area contributed by atoms with Crippen molar-refractivity contribution in [1.29, 1.82) is 0 Å². The van der Waals surface area contributed by atoms with Crippen LogP contribution in [0.1, 0.15) is 47.4 Å². The predicted molar refractivity (Wildman–Crippen MR) is 123 cm³/mol. The van der Waals surface area contributed by atoms with Crippen molar-refractivity contribution in [2.45, 2.75) is 43.0 Å². The van der Waals surface area contributed by atoms with E-state index in [4.69, 9.17) is 0 Å². The molecule has 1 aliphatic rings. The number of fused-ring (bicyclic) bond motifs is 1. The van der Waals surface area contributed by atoms with E-state index < -0.39 is 5.25 Å². The topological polar surface area (TPSA) is 88.2 Å². The van der Waals surface area contributed by atoms with Crippen molar-refractivity contribution < 1.29 is 14.4 Å². The summed E-state index contributed by atoms with van der Waals surface area (Å²) < 4.78 is 0. The van der Waals surface area contributed by atoms with E-state index >= 15 is 0 Å². The first kappa shape index (κ1) is 21.1. The van der Waals surface area contributed by atoms with Gasteiger partial charge in [-0.15, -0.1) is 0 Å². The maximum Gasteiger partial charge on any atom is 0.252 e. The molecule has 0 spiro atoms. The molecule has 31 heavy (non-hydrogen) atoms. The summed E-state index contributed by atoms with van der Waals surface area (Å²) in [5.74, 6) is -0.466. The van der Waals surface area contributed by atoms with Crippen molar-refractivity contribution in [1.82, 2.24) is 10.3 Å². The van der Waals surface area contributed by atoms with E-state index in [0.29, 0.717) is 27.4 Å². The van der Waals surface area contributed by atoms with E-state index in [-0.39, 0.29) is 23.6 Å². The van der Waals surface area contributed by atoms with Gasteiger partial charge in [-0.3, -0.25) is 14.4 Å². The Labute approximate surface area is 184 Å². The van der Waals surface area contributed by atoms with Crippen LogP contribution in [0.2, 0.25) is 0 Å². The smallest absolute Gasteiger partial charge is 0.252 e. The first-order chi connectivity index (χ1) is 14.9. The fourth-order valence-corrected chi connectivity index (χ4v) is 4.12. The number of aromatic nitrogens is 1. The summed E-state index contributed by atoms with van der Waals surface area (Å²) in [7, 11) is 0. The third kappa shape index (κ3) is 4.94. The Bertz CT molecular complexity index is 1170. The summed E-state index contributed by atoms with van der Waals surface area (Å²) in [5, 5.41) is 6.77. The molecule has 1 saturated carbocycles. The third-order valence-electron chi connectivity index (χ3n) is 5.08. The molecule has 0 bridgehead atoms. The van der Waals surface area contributed by atoms with Crippen LogP contribution in [0.3, 0.4) is 0 Å². The Morgan fingerprint density at radius 3 is 2.48 bits per heavy atom. The van der Waals surface area contributed by atoms with Crippen molar-refractivity contribution in [2.24, 2.45) is 0 Å². The van der Waals surface area contributed by atoms with E-state index in [1.54, 1.807) is 37.3 Å². The number of pyridine rings is 1. The normalized spacial score (nSPS) is 14.1. The summed E-state index contributed by atoms with van der Waals surface area (Å²) in [4.78, 5) is 42.0. The van der Waals surface area contributed by atoms with Gasteiger partial charge in [-0.05, 0) is 51.0 Å². The minimum atomic E-state index is -0.479. The highest BCUT2D eigenvalue weighted by Crippen LogP contribution is 2.29. The van der Waals surface area contributed by atoms with Gasteiger partial charge in [0.25, 0.3) is 5.91 Å². The van der Waals surface area contributed by atoms with Crippen molar-refractivity contribution in [3.8, 4) is 0 Å². The first-order valence-corrected chi connectivity index (χ1v) is 11.1. The van der Waals surface area contributed by atoms with Gasteiger partial charge in [0.05, 0.1) is 27.0 Å². The maximum absolute atomic E-state index is 12.8. The molecule has 1 heterocycles. The molecule has 2 aromatic carbocycles. The summed E-state index contributed by atoms with van der Waals surface area (Å²) in [5.41, 5.74) is 2.23. The van der Waals surface area contributed by atoms with E-state index in [2.05, 4.69) is 15.6 Å². The number of nitrogens with one attached hydrogen (secondary N) is 2. The molecular formula is C24H23N3O3S. The van der Waals surface area contributed by atoms with Crippen LogP contribution in [0.15, 0.2) is 59.6 Å². The molecule has 0 radical (unpaired) electrons. The molecule has 1 atom stereocenters. The number of hydrogen-bond acceptors (Lipinski definition) is 5. The lowest BCUT2D eigenvalue weighted by Crippen LogP contribution is -2.26. The molecule has 7 heteroatoms. The monoisotopic (exact) mass is 433 g/mol. The SMILES string of the molecule is CC(=O)c1ccccc1NC(=O)C(C)Sc1cc(C(=O)NC2CC2)c2ccccc2n1. The zero-order valence-electron chi connectivity index (χ0n) is 17.3. The Kier molecular flexibility index (Phi) is 6.04. The number of amides is 2. The summed E-state index contributed by atoms with van der Waals surface area (Å²) >= 11 is 1.28. The molecular weight excluding hydrogens is 410 g/mol. The second kappa shape index (κ2) is 8.89. The second-order valence-corrected chi connectivity index (χ2v) is 8.99. The van der Waals surface area contributed by atoms with Crippen molar-refractivity contribution >= 4 is 45.9 Å². The van der Waals surface area contributed by atoms with Gasteiger partial charge in [-0.25, -0.2) is 4.98 Å². The number of benzene rings is 2. The molecule has 1 fully saturated rings. The second-order valence-electron chi connectivity index (χ2n) is 7.62. The maximum atomic E-state index is 12.8. The molecule has 4 rings (SSSR count). The molecule has 158 valence electrons. The molecule has 0 aliphatic heterocycles. The fraction of sp³-hybridized carbons (Fsp3) is 0.250. The highest BCUT2D eigenvalue weighted by Gasteiger charge is 2.25.